The van der Waals surface area contributed by atoms with Gasteiger partial charge < -0.3 is 15.0 Å². The van der Waals surface area contributed by atoms with Gasteiger partial charge in [0, 0.05) is 36.3 Å². The van der Waals surface area contributed by atoms with E-state index in [0.29, 0.717) is 45.2 Å². The quantitative estimate of drug-likeness (QED) is 0.808. The Morgan fingerprint density at radius 2 is 1.92 bits per heavy atom. The molecule has 0 aromatic heterocycles. The highest BCUT2D eigenvalue weighted by atomic mass is 79.9. The van der Waals surface area contributed by atoms with Gasteiger partial charge in [-0.2, -0.15) is 0 Å². The Bertz CT molecular complexity index is 614. The zero-order chi connectivity index (χ0) is 18.4. The van der Waals surface area contributed by atoms with Crippen molar-refractivity contribution in [1.82, 2.24) is 9.80 Å². The van der Waals surface area contributed by atoms with E-state index in [9.17, 15) is 9.59 Å². The van der Waals surface area contributed by atoms with Gasteiger partial charge >= 0.3 is 6.09 Å². The number of hydrogen-bond donors (Lipinski definition) is 1. The predicted molar refractivity (Wildman–Crippen MR) is 102 cm³/mol. The van der Waals surface area contributed by atoms with Gasteiger partial charge in [0.05, 0.1) is 13.2 Å². The van der Waals surface area contributed by atoms with Gasteiger partial charge in [0.15, 0.2) is 0 Å². The number of anilines is 1. The molecule has 138 valence electrons. The van der Waals surface area contributed by atoms with Crippen LogP contribution in [0.15, 0.2) is 22.7 Å². The number of aryl methyl sites for hydroxylation is 1. The Morgan fingerprint density at radius 1 is 1.24 bits per heavy atom. The summed E-state index contributed by atoms with van der Waals surface area (Å²) in [6, 6.07) is 5.77. The second-order valence-electron chi connectivity index (χ2n) is 6.74. The second kappa shape index (κ2) is 9.20. The molecule has 7 heteroatoms. The van der Waals surface area contributed by atoms with Crippen molar-refractivity contribution in [2.24, 2.45) is 5.92 Å². The summed E-state index contributed by atoms with van der Waals surface area (Å²) < 4.78 is 6.24. The van der Waals surface area contributed by atoms with Crippen LogP contribution in [-0.2, 0) is 9.53 Å². The molecular formula is C18H26BrN3O3. The van der Waals surface area contributed by atoms with E-state index < -0.39 is 0 Å². The van der Waals surface area contributed by atoms with Crippen molar-refractivity contribution in [2.45, 2.75) is 20.8 Å². The molecule has 6 nitrogen and oxygen atoms in total. The SMILES string of the molecule is Cc1cc(Br)ccc1NC(=O)CN1CCN(C(=O)OCC(C)C)CC1. The molecular weight excluding hydrogens is 386 g/mol. The van der Waals surface area contributed by atoms with Crippen LogP contribution in [-0.4, -0.2) is 61.1 Å². The van der Waals surface area contributed by atoms with E-state index in [0.717, 1.165) is 15.7 Å². The average Bonchev–Trinajstić information content (AvgIpc) is 2.56. The third-order valence-electron chi connectivity index (χ3n) is 4.00. The lowest BCUT2D eigenvalue weighted by Crippen LogP contribution is -2.50. The maximum atomic E-state index is 12.2. The van der Waals surface area contributed by atoms with Gasteiger partial charge in [-0.3, -0.25) is 9.69 Å². The van der Waals surface area contributed by atoms with Gasteiger partial charge in [0.2, 0.25) is 5.91 Å². The summed E-state index contributed by atoms with van der Waals surface area (Å²) >= 11 is 3.41. The van der Waals surface area contributed by atoms with Crippen LogP contribution in [0.4, 0.5) is 10.5 Å². The number of carbonyl (C=O) groups is 2. The average molecular weight is 412 g/mol. The molecule has 0 unspecified atom stereocenters. The van der Waals surface area contributed by atoms with Crippen molar-refractivity contribution in [3.63, 3.8) is 0 Å². The first-order valence-corrected chi connectivity index (χ1v) is 9.34. The van der Waals surface area contributed by atoms with Crippen molar-refractivity contribution in [1.29, 1.82) is 0 Å². The highest BCUT2D eigenvalue weighted by Crippen LogP contribution is 2.20. The third-order valence-corrected chi connectivity index (χ3v) is 4.49. The van der Waals surface area contributed by atoms with E-state index in [-0.39, 0.29) is 12.0 Å². The van der Waals surface area contributed by atoms with Crippen LogP contribution in [0.25, 0.3) is 0 Å². The number of ether oxygens (including phenoxy) is 1. The lowest BCUT2D eigenvalue weighted by molar-refractivity contribution is -0.117. The third kappa shape index (κ3) is 6.32. The molecule has 1 aliphatic heterocycles. The summed E-state index contributed by atoms with van der Waals surface area (Å²) in [5.74, 6) is 0.289. The molecule has 2 rings (SSSR count). The minimum absolute atomic E-state index is 0.0405. The predicted octanol–water partition coefficient (Wildman–Crippen LogP) is 3.11. The number of rotatable bonds is 5. The van der Waals surface area contributed by atoms with E-state index in [1.165, 1.54) is 0 Å². The highest BCUT2D eigenvalue weighted by Gasteiger charge is 2.23. The Morgan fingerprint density at radius 3 is 2.52 bits per heavy atom. The van der Waals surface area contributed by atoms with Gasteiger partial charge in [0.25, 0.3) is 0 Å². The highest BCUT2D eigenvalue weighted by molar-refractivity contribution is 9.10. The Balaban J connectivity index is 1.75. The van der Waals surface area contributed by atoms with Gasteiger partial charge in [-0.1, -0.05) is 29.8 Å². The van der Waals surface area contributed by atoms with Crippen molar-refractivity contribution < 1.29 is 14.3 Å². The number of carbonyl (C=O) groups excluding carboxylic acids is 2. The molecule has 25 heavy (non-hydrogen) atoms. The molecule has 2 amide bonds. The van der Waals surface area contributed by atoms with E-state index >= 15 is 0 Å². The number of nitrogens with one attached hydrogen (secondary N) is 1. The summed E-state index contributed by atoms with van der Waals surface area (Å²) in [5, 5.41) is 2.94. The van der Waals surface area contributed by atoms with Crippen LogP contribution in [0.1, 0.15) is 19.4 Å². The van der Waals surface area contributed by atoms with Crippen LogP contribution >= 0.6 is 15.9 Å². The standard InChI is InChI=1S/C18H26BrN3O3/c1-13(2)12-25-18(24)22-8-6-21(7-9-22)11-17(23)20-16-5-4-15(19)10-14(16)3/h4-5,10,13H,6-9,11-12H2,1-3H3,(H,20,23). The Kier molecular flexibility index (Phi) is 7.25. The van der Waals surface area contributed by atoms with Crippen molar-refractivity contribution in [3.05, 3.63) is 28.2 Å². The molecule has 1 aromatic carbocycles. The maximum absolute atomic E-state index is 12.2. The fourth-order valence-corrected chi connectivity index (χ4v) is 3.05. The van der Waals surface area contributed by atoms with Gasteiger partial charge in [0.1, 0.15) is 0 Å². The van der Waals surface area contributed by atoms with Gasteiger partial charge in [-0.05, 0) is 36.6 Å². The lowest BCUT2D eigenvalue weighted by Gasteiger charge is -2.33. The van der Waals surface area contributed by atoms with Crippen LogP contribution in [0.3, 0.4) is 0 Å². The summed E-state index contributed by atoms with van der Waals surface area (Å²) in [7, 11) is 0. The second-order valence-corrected chi connectivity index (χ2v) is 7.66. The van der Waals surface area contributed by atoms with E-state index in [4.69, 9.17) is 4.74 Å². The summed E-state index contributed by atoms with van der Waals surface area (Å²) in [5.41, 5.74) is 1.84. The Hall–Kier alpha value is -1.60. The van der Waals surface area contributed by atoms with E-state index in [1.54, 1.807) is 4.90 Å². The largest absolute Gasteiger partial charge is 0.449 e. The smallest absolute Gasteiger partial charge is 0.409 e. The lowest BCUT2D eigenvalue weighted by atomic mass is 10.2. The van der Waals surface area contributed by atoms with Gasteiger partial charge in [-0.25, -0.2) is 4.79 Å². The molecule has 1 N–H and O–H groups in total. The zero-order valence-electron chi connectivity index (χ0n) is 15.0. The van der Waals surface area contributed by atoms with Crippen LogP contribution < -0.4 is 5.32 Å². The fraction of sp³-hybridized carbons (Fsp3) is 0.556. The number of hydrogen-bond acceptors (Lipinski definition) is 4. The topological polar surface area (TPSA) is 61.9 Å². The molecule has 0 atom stereocenters. The number of nitrogens with zero attached hydrogens (tertiary/aromatic N) is 2. The molecule has 1 aliphatic rings. The van der Waals surface area contributed by atoms with E-state index in [1.807, 2.05) is 39.0 Å². The normalized spacial score (nSPS) is 15.3. The Labute approximate surface area is 157 Å². The molecule has 1 fully saturated rings. The zero-order valence-corrected chi connectivity index (χ0v) is 16.6. The van der Waals surface area contributed by atoms with E-state index in [2.05, 4.69) is 26.1 Å². The number of amides is 2. The monoisotopic (exact) mass is 411 g/mol. The first-order valence-electron chi connectivity index (χ1n) is 8.55. The molecule has 0 aliphatic carbocycles. The molecule has 1 saturated heterocycles. The molecule has 0 radical (unpaired) electrons. The molecule has 0 saturated carbocycles. The summed E-state index contributed by atoms with van der Waals surface area (Å²) in [6.45, 7) is 9.25. The number of benzene rings is 1. The van der Waals surface area contributed by atoms with Crippen molar-refractivity contribution in [2.75, 3.05) is 44.6 Å². The van der Waals surface area contributed by atoms with Crippen molar-refractivity contribution in [3.8, 4) is 0 Å². The minimum atomic E-state index is -0.261. The maximum Gasteiger partial charge on any atom is 0.409 e. The van der Waals surface area contributed by atoms with Gasteiger partial charge in [-0.15, -0.1) is 0 Å². The van der Waals surface area contributed by atoms with Crippen LogP contribution in [0.2, 0.25) is 0 Å². The summed E-state index contributed by atoms with van der Waals surface area (Å²) in [6.07, 6.45) is -0.261. The first kappa shape index (κ1) is 19.7. The fourth-order valence-electron chi connectivity index (χ4n) is 2.58. The number of piperazine rings is 1. The number of halogens is 1. The van der Waals surface area contributed by atoms with Crippen LogP contribution in [0, 0.1) is 12.8 Å². The molecule has 0 spiro atoms. The van der Waals surface area contributed by atoms with Crippen LogP contribution in [0.5, 0.6) is 0 Å². The minimum Gasteiger partial charge on any atom is -0.449 e. The molecule has 1 heterocycles. The molecule has 1 aromatic rings. The summed E-state index contributed by atoms with van der Waals surface area (Å²) in [4.78, 5) is 27.9. The first-order chi connectivity index (χ1) is 11.8. The van der Waals surface area contributed by atoms with Crippen molar-refractivity contribution >= 4 is 33.6 Å². The molecule has 0 bridgehead atoms.